The largest absolute Gasteiger partial charge is 0.289 e. The summed E-state index contributed by atoms with van der Waals surface area (Å²) in [6.07, 6.45) is 13.3. The van der Waals surface area contributed by atoms with Gasteiger partial charge in [0.1, 0.15) is 0 Å². The Morgan fingerprint density at radius 1 is 1.21 bits per heavy atom. The maximum absolute atomic E-state index is 12.2. The zero-order chi connectivity index (χ0) is 21.6. The summed E-state index contributed by atoms with van der Waals surface area (Å²) in [6, 6.07) is 14.2. The SMILES string of the molecule is C=C/C=C(\C=C/C)CCC#N.CCC1=Cc2cccc3cccc(c23)C1=O.CCl. The van der Waals surface area contributed by atoms with Crippen LogP contribution in [0, 0.1) is 11.3 Å². The molecule has 0 saturated carbocycles. The maximum atomic E-state index is 12.2. The van der Waals surface area contributed by atoms with Crippen LogP contribution in [0.2, 0.25) is 0 Å². The van der Waals surface area contributed by atoms with E-state index in [9.17, 15) is 4.79 Å². The van der Waals surface area contributed by atoms with E-state index in [0.29, 0.717) is 6.42 Å². The number of benzene rings is 2. The van der Waals surface area contributed by atoms with E-state index in [0.717, 1.165) is 40.3 Å². The monoisotopic (exact) mass is 405 g/mol. The maximum Gasteiger partial charge on any atom is 0.189 e. The third kappa shape index (κ3) is 6.59. The number of hydrogen-bond acceptors (Lipinski definition) is 2. The molecule has 0 amide bonds. The normalized spacial score (nSPS) is 12.3. The molecule has 0 fully saturated rings. The van der Waals surface area contributed by atoms with Crippen molar-refractivity contribution in [1.82, 2.24) is 0 Å². The smallest absolute Gasteiger partial charge is 0.189 e. The van der Waals surface area contributed by atoms with Gasteiger partial charge in [0.15, 0.2) is 5.78 Å². The van der Waals surface area contributed by atoms with Crippen LogP contribution in [0.3, 0.4) is 0 Å². The number of carbonyl (C=O) groups excluding carboxylic acids is 1. The fraction of sp³-hybridized carbons (Fsp3) is 0.231. The summed E-state index contributed by atoms with van der Waals surface area (Å²) >= 11 is 4.64. The van der Waals surface area contributed by atoms with Crippen molar-refractivity contribution in [2.45, 2.75) is 33.1 Å². The molecule has 1 aliphatic rings. The van der Waals surface area contributed by atoms with Crippen LogP contribution < -0.4 is 0 Å². The van der Waals surface area contributed by atoms with Gasteiger partial charge in [0.2, 0.25) is 0 Å². The van der Waals surface area contributed by atoms with Gasteiger partial charge in [-0.1, -0.05) is 74.2 Å². The third-order valence-corrected chi connectivity index (χ3v) is 4.42. The highest BCUT2D eigenvalue weighted by Gasteiger charge is 2.19. The first kappa shape index (κ1) is 24.1. The van der Waals surface area contributed by atoms with Crippen LogP contribution in [0.1, 0.15) is 49.0 Å². The summed E-state index contributed by atoms with van der Waals surface area (Å²) in [4.78, 5) is 12.2. The van der Waals surface area contributed by atoms with Crippen LogP contribution >= 0.6 is 11.6 Å². The number of nitrogens with zero attached hydrogens (tertiary/aromatic N) is 1. The van der Waals surface area contributed by atoms with E-state index in [2.05, 4.69) is 42.4 Å². The zero-order valence-electron chi connectivity index (χ0n) is 17.4. The number of carbonyl (C=O) groups is 1. The quantitative estimate of drug-likeness (QED) is 0.378. The van der Waals surface area contributed by atoms with Gasteiger partial charge in [-0.15, -0.1) is 11.6 Å². The molecule has 2 aromatic carbocycles. The van der Waals surface area contributed by atoms with Crippen LogP contribution in [0.25, 0.3) is 16.8 Å². The van der Waals surface area contributed by atoms with Crippen molar-refractivity contribution in [1.29, 1.82) is 5.26 Å². The second-order valence-corrected chi connectivity index (χ2v) is 6.24. The minimum Gasteiger partial charge on any atom is -0.289 e. The van der Waals surface area contributed by atoms with Gasteiger partial charge in [-0.3, -0.25) is 4.79 Å². The standard InChI is InChI=1S/C15H12O.C10H13N.CH3Cl/c1-2-10-9-12-7-3-5-11-6-4-8-13(14(11)12)15(10)16;1-3-6-10(7-4-2)8-5-9-11;1-2/h3-9H,2H2,1H3;3-4,6-7H,1,5,8H2,2H3;1H3/b;7-4-,10-6+;. The fourth-order valence-electron chi connectivity index (χ4n) is 3.16. The molecule has 0 saturated heterocycles. The molecule has 1 aliphatic carbocycles. The summed E-state index contributed by atoms with van der Waals surface area (Å²) in [5.74, 6) is 0.187. The van der Waals surface area contributed by atoms with Crippen molar-refractivity contribution in [3.63, 3.8) is 0 Å². The van der Waals surface area contributed by atoms with Crippen molar-refractivity contribution in [3.05, 3.63) is 89.6 Å². The third-order valence-electron chi connectivity index (χ3n) is 4.42. The molecule has 0 aliphatic heterocycles. The lowest BCUT2D eigenvalue weighted by molar-refractivity contribution is 0.103. The van der Waals surface area contributed by atoms with E-state index >= 15 is 0 Å². The van der Waals surface area contributed by atoms with Gasteiger partial charge in [-0.05, 0) is 42.4 Å². The lowest BCUT2D eigenvalue weighted by atomic mass is 9.87. The van der Waals surface area contributed by atoms with Gasteiger partial charge >= 0.3 is 0 Å². The highest BCUT2D eigenvalue weighted by atomic mass is 35.5. The molecule has 29 heavy (non-hydrogen) atoms. The van der Waals surface area contributed by atoms with Crippen LogP contribution in [0.5, 0.6) is 0 Å². The molecule has 0 heterocycles. The van der Waals surface area contributed by atoms with E-state index < -0.39 is 0 Å². The predicted molar refractivity (Wildman–Crippen MR) is 126 cm³/mol. The average Bonchev–Trinajstić information content (AvgIpc) is 2.76. The number of hydrogen-bond donors (Lipinski definition) is 0. The molecule has 3 rings (SSSR count). The highest BCUT2D eigenvalue weighted by molar-refractivity contribution is 6.22. The number of nitriles is 1. The van der Waals surface area contributed by atoms with Crippen LogP contribution in [-0.2, 0) is 0 Å². The number of rotatable bonds is 5. The molecule has 150 valence electrons. The van der Waals surface area contributed by atoms with Crippen molar-refractivity contribution in [3.8, 4) is 6.07 Å². The lowest BCUT2D eigenvalue weighted by Crippen LogP contribution is -2.08. The first-order valence-corrected chi connectivity index (χ1v) is 10.4. The first-order valence-electron chi connectivity index (χ1n) is 9.62. The molecule has 2 nitrogen and oxygen atoms in total. The highest BCUT2D eigenvalue weighted by Crippen LogP contribution is 2.31. The second-order valence-electron chi connectivity index (χ2n) is 6.24. The second kappa shape index (κ2) is 13.3. The number of Topliss-reactive ketones (excluding diaryl/α,β-unsaturated/α-hetero) is 1. The van der Waals surface area contributed by atoms with Crippen molar-refractivity contribution < 1.29 is 4.79 Å². The Bertz CT molecular complexity index is 969. The molecule has 0 spiro atoms. The predicted octanol–water partition coefficient (Wildman–Crippen LogP) is 7.66. The van der Waals surface area contributed by atoms with Crippen molar-refractivity contribution >= 4 is 34.2 Å². The minimum absolute atomic E-state index is 0.187. The molecular formula is C26H28ClNO. The van der Waals surface area contributed by atoms with E-state index in [-0.39, 0.29) is 5.78 Å². The Balaban J connectivity index is 0.000000287. The average molecular weight is 406 g/mol. The minimum atomic E-state index is 0.187. The van der Waals surface area contributed by atoms with E-state index in [1.54, 1.807) is 6.08 Å². The van der Waals surface area contributed by atoms with Gasteiger partial charge in [0.05, 0.1) is 6.07 Å². The Morgan fingerprint density at radius 2 is 1.90 bits per heavy atom. The van der Waals surface area contributed by atoms with Crippen LogP contribution in [0.4, 0.5) is 0 Å². The summed E-state index contributed by atoms with van der Waals surface area (Å²) in [6.45, 7) is 7.58. The summed E-state index contributed by atoms with van der Waals surface area (Å²) in [7, 11) is 0. The first-order chi connectivity index (χ1) is 14.2. The molecule has 0 atom stereocenters. The molecule has 0 bridgehead atoms. The van der Waals surface area contributed by atoms with Gasteiger partial charge in [-0.25, -0.2) is 0 Å². The number of halogens is 1. The van der Waals surface area contributed by atoms with E-state index in [1.807, 2.05) is 56.4 Å². The van der Waals surface area contributed by atoms with E-state index in [4.69, 9.17) is 5.26 Å². The Kier molecular flexibility index (Phi) is 11.1. The molecule has 0 aromatic heterocycles. The molecule has 2 aromatic rings. The summed E-state index contributed by atoms with van der Waals surface area (Å²) in [5, 5.41) is 10.6. The molecule has 0 N–H and O–H groups in total. The van der Waals surface area contributed by atoms with Gasteiger partial charge in [0.25, 0.3) is 0 Å². The van der Waals surface area contributed by atoms with Gasteiger partial charge in [-0.2, -0.15) is 5.26 Å². The fourth-order valence-corrected chi connectivity index (χ4v) is 3.16. The Hall–Kier alpha value is -2.89. The Labute approximate surface area is 179 Å². The number of alkyl halides is 1. The number of allylic oxidation sites excluding steroid dienone is 6. The van der Waals surface area contributed by atoms with Crippen LogP contribution in [-0.4, -0.2) is 12.2 Å². The van der Waals surface area contributed by atoms with Crippen molar-refractivity contribution in [2.24, 2.45) is 0 Å². The molecular weight excluding hydrogens is 378 g/mol. The molecule has 0 radical (unpaired) electrons. The molecule has 0 unspecified atom stereocenters. The molecule has 3 heteroatoms. The summed E-state index contributed by atoms with van der Waals surface area (Å²) in [5.41, 5.74) is 4.09. The zero-order valence-corrected chi connectivity index (χ0v) is 18.2. The Morgan fingerprint density at radius 3 is 2.48 bits per heavy atom. The summed E-state index contributed by atoms with van der Waals surface area (Å²) < 4.78 is 0. The van der Waals surface area contributed by atoms with Crippen molar-refractivity contribution in [2.75, 3.05) is 6.38 Å². The lowest BCUT2D eigenvalue weighted by Gasteiger charge is -2.15. The van der Waals surface area contributed by atoms with Gasteiger partial charge < -0.3 is 0 Å². The number of ketones is 1. The van der Waals surface area contributed by atoms with Crippen LogP contribution in [0.15, 0.2) is 78.4 Å². The van der Waals surface area contributed by atoms with Gasteiger partial charge in [0, 0.05) is 29.3 Å². The van der Waals surface area contributed by atoms with E-state index in [1.165, 1.54) is 11.9 Å². The topological polar surface area (TPSA) is 40.9 Å².